The van der Waals surface area contributed by atoms with Crippen molar-refractivity contribution in [3.05, 3.63) is 48.3 Å². The second-order valence-electron chi connectivity index (χ2n) is 5.29. The molecular formula is C17H23N3O2. The summed E-state index contributed by atoms with van der Waals surface area (Å²) in [5.41, 5.74) is 2.24. The van der Waals surface area contributed by atoms with Crippen LogP contribution in [0.15, 0.2) is 42.7 Å². The summed E-state index contributed by atoms with van der Waals surface area (Å²) in [6.07, 6.45) is 4.92. The molecule has 118 valence electrons. The first-order valence-corrected chi connectivity index (χ1v) is 7.66. The maximum absolute atomic E-state index is 11.4. The van der Waals surface area contributed by atoms with E-state index >= 15 is 0 Å². The molecule has 0 bridgehead atoms. The Balaban J connectivity index is 1.85. The predicted octanol–water partition coefficient (Wildman–Crippen LogP) is 3.08. The summed E-state index contributed by atoms with van der Waals surface area (Å²) in [7, 11) is 0. The third-order valence-corrected chi connectivity index (χ3v) is 3.33. The molecule has 0 spiro atoms. The molecule has 22 heavy (non-hydrogen) atoms. The van der Waals surface area contributed by atoms with E-state index < -0.39 is 0 Å². The fraction of sp³-hybridized carbons (Fsp3) is 0.412. The molecule has 0 unspecified atom stereocenters. The van der Waals surface area contributed by atoms with Crippen molar-refractivity contribution in [1.29, 1.82) is 0 Å². The van der Waals surface area contributed by atoms with Crippen molar-refractivity contribution in [1.82, 2.24) is 9.78 Å². The number of nitrogens with one attached hydrogen (secondary N) is 1. The molecule has 0 amide bonds. The number of rotatable bonds is 8. The lowest BCUT2D eigenvalue weighted by molar-refractivity contribution is -0.143. The van der Waals surface area contributed by atoms with E-state index in [-0.39, 0.29) is 12.0 Å². The average Bonchev–Trinajstić information content (AvgIpc) is 2.99. The molecular weight excluding hydrogens is 278 g/mol. The van der Waals surface area contributed by atoms with Gasteiger partial charge in [0.05, 0.1) is 13.2 Å². The number of anilines is 1. The van der Waals surface area contributed by atoms with E-state index in [4.69, 9.17) is 4.74 Å². The van der Waals surface area contributed by atoms with E-state index in [9.17, 15) is 4.79 Å². The monoisotopic (exact) mass is 301 g/mol. The fourth-order valence-corrected chi connectivity index (χ4v) is 2.26. The summed E-state index contributed by atoms with van der Waals surface area (Å²) in [6.45, 7) is 5.08. The van der Waals surface area contributed by atoms with Crippen molar-refractivity contribution in [2.24, 2.45) is 0 Å². The second-order valence-corrected chi connectivity index (χ2v) is 5.29. The molecule has 1 atom stereocenters. The number of nitrogens with zero attached hydrogens (tertiary/aromatic N) is 2. The molecule has 0 aliphatic carbocycles. The SMILES string of the molecule is CCOC(=O)CC[C@H](C)Nc1cccc(Cn2cccn2)c1. The molecule has 1 N–H and O–H groups in total. The molecule has 1 heterocycles. The maximum atomic E-state index is 11.4. The first-order valence-electron chi connectivity index (χ1n) is 7.66. The van der Waals surface area contributed by atoms with Gasteiger partial charge in [-0.15, -0.1) is 0 Å². The lowest BCUT2D eigenvalue weighted by Crippen LogP contribution is -2.17. The van der Waals surface area contributed by atoms with Crippen molar-refractivity contribution in [2.45, 2.75) is 39.3 Å². The Morgan fingerprint density at radius 3 is 3.00 bits per heavy atom. The highest BCUT2D eigenvalue weighted by Crippen LogP contribution is 2.14. The van der Waals surface area contributed by atoms with Crippen LogP contribution < -0.4 is 5.32 Å². The van der Waals surface area contributed by atoms with Crippen molar-refractivity contribution in [3.8, 4) is 0 Å². The molecule has 1 aromatic carbocycles. The lowest BCUT2D eigenvalue weighted by Gasteiger charge is -2.15. The number of carbonyl (C=O) groups is 1. The van der Waals surface area contributed by atoms with Gasteiger partial charge >= 0.3 is 5.97 Å². The zero-order valence-electron chi connectivity index (χ0n) is 13.2. The van der Waals surface area contributed by atoms with E-state index in [0.29, 0.717) is 13.0 Å². The number of benzene rings is 1. The van der Waals surface area contributed by atoms with Gasteiger partial charge in [-0.3, -0.25) is 9.48 Å². The summed E-state index contributed by atoms with van der Waals surface area (Å²) in [5.74, 6) is -0.136. The number of ether oxygens (including phenoxy) is 1. The Labute approximate surface area is 131 Å². The Hall–Kier alpha value is -2.30. The van der Waals surface area contributed by atoms with Crippen LogP contribution in [0.1, 0.15) is 32.3 Å². The number of aromatic nitrogens is 2. The Morgan fingerprint density at radius 2 is 2.27 bits per heavy atom. The van der Waals surface area contributed by atoms with Crippen LogP contribution in [0.4, 0.5) is 5.69 Å². The van der Waals surface area contributed by atoms with Crippen LogP contribution in [0.5, 0.6) is 0 Å². The summed E-state index contributed by atoms with van der Waals surface area (Å²) in [6, 6.07) is 10.4. The summed E-state index contributed by atoms with van der Waals surface area (Å²) in [4.78, 5) is 11.4. The van der Waals surface area contributed by atoms with E-state index in [1.165, 1.54) is 5.56 Å². The molecule has 0 fully saturated rings. The summed E-state index contributed by atoms with van der Waals surface area (Å²) in [5, 5.41) is 7.64. The molecule has 0 aliphatic rings. The van der Waals surface area contributed by atoms with E-state index in [1.54, 1.807) is 6.20 Å². The van der Waals surface area contributed by atoms with Crippen molar-refractivity contribution < 1.29 is 9.53 Å². The van der Waals surface area contributed by atoms with E-state index in [0.717, 1.165) is 18.7 Å². The van der Waals surface area contributed by atoms with Gasteiger partial charge < -0.3 is 10.1 Å². The molecule has 5 nitrogen and oxygen atoms in total. The van der Waals surface area contributed by atoms with Gasteiger partial charge in [-0.1, -0.05) is 12.1 Å². The highest BCUT2D eigenvalue weighted by atomic mass is 16.5. The summed E-state index contributed by atoms with van der Waals surface area (Å²) < 4.78 is 6.84. The Morgan fingerprint density at radius 1 is 1.41 bits per heavy atom. The highest BCUT2D eigenvalue weighted by molar-refractivity contribution is 5.69. The maximum Gasteiger partial charge on any atom is 0.305 e. The smallest absolute Gasteiger partial charge is 0.305 e. The summed E-state index contributed by atoms with van der Waals surface area (Å²) >= 11 is 0. The molecule has 0 radical (unpaired) electrons. The molecule has 0 saturated carbocycles. The van der Waals surface area contributed by atoms with Gasteiger partial charge in [0, 0.05) is 30.5 Å². The van der Waals surface area contributed by atoms with Crippen LogP contribution in [-0.2, 0) is 16.1 Å². The fourth-order valence-electron chi connectivity index (χ4n) is 2.26. The van der Waals surface area contributed by atoms with Crippen LogP contribution in [0.3, 0.4) is 0 Å². The van der Waals surface area contributed by atoms with E-state index in [2.05, 4.69) is 29.5 Å². The largest absolute Gasteiger partial charge is 0.466 e. The molecule has 0 saturated heterocycles. The van der Waals surface area contributed by atoms with Crippen molar-refractivity contribution >= 4 is 11.7 Å². The standard InChI is InChI=1S/C17H23N3O2/c1-3-22-17(21)9-8-14(2)19-16-7-4-6-15(12-16)13-20-11-5-10-18-20/h4-7,10-12,14,19H,3,8-9,13H2,1-2H3/t14-/m0/s1. The minimum Gasteiger partial charge on any atom is -0.466 e. The third-order valence-electron chi connectivity index (χ3n) is 3.33. The van der Waals surface area contributed by atoms with Crippen LogP contribution in [0.25, 0.3) is 0 Å². The average molecular weight is 301 g/mol. The predicted molar refractivity (Wildman–Crippen MR) is 86.7 cm³/mol. The Kier molecular flexibility index (Phi) is 6.01. The van der Waals surface area contributed by atoms with Gasteiger partial charge in [-0.05, 0) is 44.0 Å². The van der Waals surface area contributed by atoms with Gasteiger partial charge in [0.1, 0.15) is 0 Å². The van der Waals surface area contributed by atoms with Crippen molar-refractivity contribution in [2.75, 3.05) is 11.9 Å². The van der Waals surface area contributed by atoms with Gasteiger partial charge in [-0.2, -0.15) is 5.10 Å². The lowest BCUT2D eigenvalue weighted by atomic mass is 10.1. The van der Waals surface area contributed by atoms with Crippen LogP contribution in [-0.4, -0.2) is 28.4 Å². The highest BCUT2D eigenvalue weighted by Gasteiger charge is 2.07. The quantitative estimate of drug-likeness (QED) is 0.761. The van der Waals surface area contributed by atoms with Gasteiger partial charge in [0.15, 0.2) is 0 Å². The molecule has 2 rings (SSSR count). The first-order chi connectivity index (χ1) is 10.7. The zero-order chi connectivity index (χ0) is 15.8. The minimum atomic E-state index is -0.136. The topological polar surface area (TPSA) is 56.1 Å². The third kappa shape index (κ3) is 5.24. The number of hydrogen-bond donors (Lipinski definition) is 1. The first kappa shape index (κ1) is 16.1. The normalized spacial score (nSPS) is 11.9. The number of esters is 1. The Bertz CT molecular complexity index is 581. The minimum absolute atomic E-state index is 0.136. The number of hydrogen-bond acceptors (Lipinski definition) is 4. The van der Waals surface area contributed by atoms with E-state index in [1.807, 2.05) is 36.0 Å². The van der Waals surface area contributed by atoms with Crippen LogP contribution in [0, 0.1) is 0 Å². The zero-order valence-corrected chi connectivity index (χ0v) is 13.2. The molecule has 0 aliphatic heterocycles. The van der Waals surface area contributed by atoms with Crippen LogP contribution in [0.2, 0.25) is 0 Å². The second kappa shape index (κ2) is 8.22. The van der Waals surface area contributed by atoms with Gasteiger partial charge in [0.2, 0.25) is 0 Å². The van der Waals surface area contributed by atoms with Crippen molar-refractivity contribution in [3.63, 3.8) is 0 Å². The molecule has 1 aromatic heterocycles. The molecule has 5 heteroatoms. The molecule has 2 aromatic rings. The van der Waals surface area contributed by atoms with Gasteiger partial charge in [0.25, 0.3) is 0 Å². The number of carbonyl (C=O) groups excluding carboxylic acids is 1. The van der Waals surface area contributed by atoms with Crippen LogP contribution >= 0.6 is 0 Å². The van der Waals surface area contributed by atoms with Gasteiger partial charge in [-0.25, -0.2) is 0 Å².